The van der Waals surface area contributed by atoms with Gasteiger partial charge in [0.2, 0.25) is 5.91 Å². The first-order chi connectivity index (χ1) is 7.23. The first kappa shape index (κ1) is 11.2. The van der Waals surface area contributed by atoms with Crippen molar-refractivity contribution in [3.63, 3.8) is 0 Å². The van der Waals surface area contributed by atoms with Crippen molar-refractivity contribution in [2.24, 2.45) is 0 Å². The molecule has 0 bridgehead atoms. The van der Waals surface area contributed by atoms with Gasteiger partial charge in [-0.05, 0) is 36.5 Å². The molecular formula is C14H19NO. The predicted octanol–water partition coefficient (Wildman–Crippen LogP) is 3.21. The zero-order valence-electron chi connectivity index (χ0n) is 10.6. The molecule has 0 aliphatic carbocycles. The van der Waals surface area contributed by atoms with Crippen molar-refractivity contribution >= 4 is 11.6 Å². The number of hydrogen-bond donors (Lipinski definition) is 1. The van der Waals surface area contributed by atoms with Gasteiger partial charge in [-0.2, -0.15) is 0 Å². The Labute approximate surface area is 97.1 Å². The van der Waals surface area contributed by atoms with Gasteiger partial charge in [0, 0.05) is 5.69 Å². The van der Waals surface area contributed by atoms with Crippen LogP contribution in [0, 0.1) is 0 Å². The normalized spacial score (nSPS) is 18.2. The number of amides is 1. The molecule has 0 radical (unpaired) electrons. The summed E-state index contributed by atoms with van der Waals surface area (Å²) >= 11 is 0. The molecule has 0 atom stereocenters. The second-order valence-electron chi connectivity index (χ2n) is 6.09. The average Bonchev–Trinajstić information content (AvgIpc) is 2.36. The molecule has 0 fully saturated rings. The van der Waals surface area contributed by atoms with E-state index in [2.05, 4.69) is 44.3 Å². The molecular weight excluding hydrogens is 198 g/mol. The maximum atomic E-state index is 11.8. The van der Waals surface area contributed by atoms with Gasteiger partial charge in [-0.1, -0.05) is 32.9 Å². The molecule has 0 spiro atoms. The predicted molar refractivity (Wildman–Crippen MR) is 66.8 cm³/mol. The highest BCUT2D eigenvalue weighted by atomic mass is 16.2. The summed E-state index contributed by atoms with van der Waals surface area (Å²) in [6.07, 6.45) is 0. The summed E-state index contributed by atoms with van der Waals surface area (Å²) in [7, 11) is 0. The number of anilines is 1. The average molecular weight is 217 g/mol. The summed E-state index contributed by atoms with van der Waals surface area (Å²) in [5.74, 6) is 0.0913. The highest BCUT2D eigenvalue weighted by Gasteiger charge is 2.38. The maximum Gasteiger partial charge on any atom is 0.234 e. The number of carbonyl (C=O) groups is 1. The third-order valence-electron chi connectivity index (χ3n) is 3.37. The quantitative estimate of drug-likeness (QED) is 0.710. The van der Waals surface area contributed by atoms with E-state index in [0.717, 1.165) is 11.3 Å². The van der Waals surface area contributed by atoms with Gasteiger partial charge < -0.3 is 5.32 Å². The van der Waals surface area contributed by atoms with Crippen molar-refractivity contribution < 1.29 is 4.79 Å². The highest BCUT2D eigenvalue weighted by Crippen LogP contribution is 2.39. The molecule has 0 saturated carbocycles. The molecule has 0 unspecified atom stereocenters. The Kier molecular flexibility index (Phi) is 2.16. The van der Waals surface area contributed by atoms with Gasteiger partial charge in [0.1, 0.15) is 0 Å². The summed E-state index contributed by atoms with van der Waals surface area (Å²) in [5, 5.41) is 2.96. The molecule has 1 aliphatic heterocycles. The van der Waals surface area contributed by atoms with Gasteiger partial charge in [0.15, 0.2) is 0 Å². The van der Waals surface area contributed by atoms with Crippen LogP contribution in [0.15, 0.2) is 18.2 Å². The lowest BCUT2D eigenvalue weighted by atomic mass is 9.82. The van der Waals surface area contributed by atoms with E-state index in [1.807, 2.05) is 13.8 Å². The van der Waals surface area contributed by atoms with Gasteiger partial charge >= 0.3 is 0 Å². The Morgan fingerprint density at radius 1 is 1.19 bits per heavy atom. The molecule has 1 N–H and O–H groups in total. The van der Waals surface area contributed by atoms with E-state index in [1.165, 1.54) is 5.56 Å². The highest BCUT2D eigenvalue weighted by molar-refractivity contribution is 6.05. The fourth-order valence-corrected chi connectivity index (χ4v) is 2.06. The molecule has 0 aromatic heterocycles. The summed E-state index contributed by atoms with van der Waals surface area (Å²) in [6, 6.07) is 6.30. The van der Waals surface area contributed by atoms with E-state index in [-0.39, 0.29) is 11.3 Å². The largest absolute Gasteiger partial charge is 0.325 e. The van der Waals surface area contributed by atoms with Crippen LogP contribution in [0.1, 0.15) is 45.7 Å². The molecule has 1 aromatic carbocycles. The molecule has 16 heavy (non-hydrogen) atoms. The Bertz CT molecular complexity index is 452. The number of rotatable bonds is 0. The molecule has 1 aliphatic rings. The molecule has 2 rings (SSSR count). The van der Waals surface area contributed by atoms with Gasteiger partial charge in [0.05, 0.1) is 5.41 Å². The van der Waals surface area contributed by atoms with Crippen LogP contribution in [0.5, 0.6) is 0 Å². The Hall–Kier alpha value is -1.31. The van der Waals surface area contributed by atoms with Gasteiger partial charge in [-0.15, -0.1) is 0 Å². The number of hydrogen-bond acceptors (Lipinski definition) is 1. The molecule has 2 heteroatoms. The topological polar surface area (TPSA) is 29.1 Å². The lowest BCUT2D eigenvalue weighted by Crippen LogP contribution is -2.26. The minimum atomic E-state index is -0.397. The third-order valence-corrected chi connectivity index (χ3v) is 3.37. The summed E-state index contributed by atoms with van der Waals surface area (Å²) < 4.78 is 0. The van der Waals surface area contributed by atoms with Gasteiger partial charge in [-0.25, -0.2) is 0 Å². The zero-order chi connectivity index (χ0) is 12.1. The lowest BCUT2D eigenvalue weighted by Gasteiger charge is -2.21. The van der Waals surface area contributed by atoms with Crippen molar-refractivity contribution in [2.75, 3.05) is 5.32 Å². The fourth-order valence-electron chi connectivity index (χ4n) is 2.06. The molecule has 2 nitrogen and oxygen atoms in total. The van der Waals surface area contributed by atoms with E-state index in [1.54, 1.807) is 0 Å². The third kappa shape index (κ3) is 1.53. The summed E-state index contributed by atoms with van der Waals surface area (Å²) in [6.45, 7) is 10.5. The van der Waals surface area contributed by atoms with Crippen LogP contribution in [-0.2, 0) is 15.6 Å². The maximum absolute atomic E-state index is 11.8. The number of carbonyl (C=O) groups excluding carboxylic acids is 1. The monoisotopic (exact) mass is 217 g/mol. The van der Waals surface area contributed by atoms with Crippen molar-refractivity contribution in [2.45, 2.75) is 45.4 Å². The fraction of sp³-hybridized carbons (Fsp3) is 0.500. The molecule has 1 heterocycles. The van der Waals surface area contributed by atoms with Crippen LogP contribution in [0.25, 0.3) is 0 Å². The zero-order valence-corrected chi connectivity index (χ0v) is 10.6. The smallest absolute Gasteiger partial charge is 0.234 e. The Morgan fingerprint density at radius 2 is 1.81 bits per heavy atom. The number of fused-ring (bicyclic) bond motifs is 1. The first-order valence-electron chi connectivity index (χ1n) is 5.69. The first-order valence-corrected chi connectivity index (χ1v) is 5.69. The molecule has 86 valence electrons. The second kappa shape index (κ2) is 3.09. The van der Waals surface area contributed by atoms with E-state index in [0.29, 0.717) is 0 Å². The van der Waals surface area contributed by atoms with Crippen molar-refractivity contribution in [3.8, 4) is 0 Å². The minimum Gasteiger partial charge on any atom is -0.325 e. The van der Waals surface area contributed by atoms with Crippen LogP contribution in [0.4, 0.5) is 5.69 Å². The standard InChI is InChI=1S/C14H19NO/c1-13(2,3)9-6-7-10-11(8-9)15-12(16)14(10,4)5/h6-8H,1-5H3,(H,15,16). The molecule has 1 aromatic rings. The summed E-state index contributed by atoms with van der Waals surface area (Å²) in [5.41, 5.74) is 3.05. The van der Waals surface area contributed by atoms with Crippen LogP contribution >= 0.6 is 0 Å². The SMILES string of the molecule is CC(C)(C)c1ccc2c(c1)NC(=O)C2(C)C. The van der Waals surface area contributed by atoms with Crippen molar-refractivity contribution in [1.29, 1.82) is 0 Å². The van der Waals surface area contributed by atoms with Gasteiger partial charge in [0.25, 0.3) is 0 Å². The van der Waals surface area contributed by atoms with E-state index >= 15 is 0 Å². The number of benzene rings is 1. The van der Waals surface area contributed by atoms with Crippen LogP contribution in [0.2, 0.25) is 0 Å². The van der Waals surface area contributed by atoms with E-state index in [4.69, 9.17) is 0 Å². The lowest BCUT2D eigenvalue weighted by molar-refractivity contribution is -0.119. The Balaban J connectivity index is 2.53. The van der Waals surface area contributed by atoms with E-state index in [9.17, 15) is 4.79 Å². The van der Waals surface area contributed by atoms with Crippen molar-refractivity contribution in [1.82, 2.24) is 0 Å². The van der Waals surface area contributed by atoms with Crippen LogP contribution in [0.3, 0.4) is 0 Å². The van der Waals surface area contributed by atoms with Crippen LogP contribution < -0.4 is 5.32 Å². The summed E-state index contributed by atoms with van der Waals surface area (Å²) in [4.78, 5) is 11.8. The van der Waals surface area contributed by atoms with Crippen LogP contribution in [-0.4, -0.2) is 5.91 Å². The minimum absolute atomic E-state index is 0.0913. The Morgan fingerprint density at radius 3 is 2.38 bits per heavy atom. The van der Waals surface area contributed by atoms with Crippen molar-refractivity contribution in [3.05, 3.63) is 29.3 Å². The molecule has 0 saturated heterocycles. The molecule has 1 amide bonds. The second-order valence-corrected chi connectivity index (χ2v) is 6.09. The van der Waals surface area contributed by atoms with E-state index < -0.39 is 5.41 Å². The number of nitrogens with one attached hydrogen (secondary N) is 1. The van der Waals surface area contributed by atoms with Gasteiger partial charge in [-0.3, -0.25) is 4.79 Å².